The molecule has 1 heterocycles. The summed E-state index contributed by atoms with van der Waals surface area (Å²) in [6.07, 6.45) is 2.58. The topological polar surface area (TPSA) is 15.3 Å². The van der Waals surface area contributed by atoms with Gasteiger partial charge in [0, 0.05) is 12.6 Å². The highest BCUT2D eigenvalue weighted by Gasteiger charge is 2.18. The average Bonchev–Trinajstić information content (AvgIpc) is 2.35. The second-order valence-corrected chi connectivity index (χ2v) is 5.03. The first-order chi connectivity index (χ1) is 8.29. The van der Waals surface area contributed by atoms with Crippen molar-refractivity contribution in [1.29, 1.82) is 0 Å². The van der Waals surface area contributed by atoms with Gasteiger partial charge in [-0.15, -0.1) is 0 Å². The zero-order valence-corrected chi connectivity index (χ0v) is 11.1. The van der Waals surface area contributed by atoms with Gasteiger partial charge in [0.05, 0.1) is 0 Å². The first-order valence-corrected chi connectivity index (χ1v) is 6.80. The lowest BCUT2D eigenvalue weighted by atomic mass is 10.0. The Bertz CT molecular complexity index is 341. The molecule has 17 heavy (non-hydrogen) atoms. The second-order valence-electron chi connectivity index (χ2n) is 5.03. The minimum absolute atomic E-state index is 0.744. The molecule has 0 saturated carbocycles. The summed E-state index contributed by atoms with van der Waals surface area (Å²) in [4.78, 5) is 2.58. The Balaban J connectivity index is 1.84. The van der Waals surface area contributed by atoms with Gasteiger partial charge in [-0.3, -0.25) is 4.90 Å². The molecule has 0 unspecified atom stereocenters. The van der Waals surface area contributed by atoms with Crippen molar-refractivity contribution in [2.75, 3.05) is 19.6 Å². The normalized spacial score (nSPS) is 18.5. The second kappa shape index (κ2) is 6.18. The lowest BCUT2D eigenvalue weighted by molar-refractivity contribution is 0.191. The molecule has 1 aromatic rings. The molecular formula is C15H24N2. The van der Waals surface area contributed by atoms with E-state index < -0.39 is 0 Å². The number of likely N-dealkylation sites (tertiary alicyclic amines) is 1. The van der Waals surface area contributed by atoms with Crippen LogP contribution in [0.5, 0.6) is 0 Å². The molecule has 94 valence electrons. The molecule has 1 fully saturated rings. The molecule has 2 rings (SSSR count). The van der Waals surface area contributed by atoms with Crippen LogP contribution in [0.15, 0.2) is 24.3 Å². The number of rotatable bonds is 4. The van der Waals surface area contributed by atoms with Crippen molar-refractivity contribution < 1.29 is 0 Å². The summed E-state index contributed by atoms with van der Waals surface area (Å²) >= 11 is 0. The van der Waals surface area contributed by atoms with Gasteiger partial charge in [0.25, 0.3) is 0 Å². The number of piperidine rings is 1. The predicted molar refractivity (Wildman–Crippen MR) is 73.2 cm³/mol. The molecule has 1 N–H and O–H groups in total. The lowest BCUT2D eigenvalue weighted by Crippen LogP contribution is -2.42. The Morgan fingerprint density at radius 3 is 2.59 bits per heavy atom. The van der Waals surface area contributed by atoms with Gasteiger partial charge in [-0.2, -0.15) is 0 Å². The van der Waals surface area contributed by atoms with E-state index in [9.17, 15) is 0 Å². The first kappa shape index (κ1) is 12.6. The van der Waals surface area contributed by atoms with E-state index in [1.165, 1.54) is 37.1 Å². The Morgan fingerprint density at radius 2 is 1.94 bits per heavy atom. The van der Waals surface area contributed by atoms with Crippen molar-refractivity contribution in [3.8, 4) is 0 Å². The van der Waals surface area contributed by atoms with Gasteiger partial charge >= 0.3 is 0 Å². The number of nitrogens with zero attached hydrogens (tertiary/aromatic N) is 1. The van der Waals surface area contributed by atoms with E-state index in [2.05, 4.69) is 48.3 Å². The quantitative estimate of drug-likeness (QED) is 0.858. The molecule has 2 nitrogen and oxygen atoms in total. The van der Waals surface area contributed by atoms with Crippen molar-refractivity contribution in [3.63, 3.8) is 0 Å². The number of hydrogen-bond acceptors (Lipinski definition) is 2. The van der Waals surface area contributed by atoms with Crippen LogP contribution in [0.2, 0.25) is 0 Å². The van der Waals surface area contributed by atoms with Crippen LogP contribution >= 0.6 is 0 Å². The average molecular weight is 232 g/mol. The van der Waals surface area contributed by atoms with Crippen LogP contribution in [-0.2, 0) is 6.54 Å². The molecule has 2 heteroatoms. The van der Waals surface area contributed by atoms with Crippen molar-refractivity contribution in [3.05, 3.63) is 35.4 Å². The minimum Gasteiger partial charge on any atom is -0.314 e. The highest BCUT2D eigenvalue weighted by atomic mass is 15.1. The van der Waals surface area contributed by atoms with Gasteiger partial charge in [-0.05, 0) is 50.5 Å². The Labute approximate surface area is 105 Å². The molecule has 1 aliphatic heterocycles. The molecule has 1 aromatic carbocycles. The van der Waals surface area contributed by atoms with Crippen LogP contribution in [0, 0.1) is 6.92 Å². The summed E-state index contributed by atoms with van der Waals surface area (Å²) in [5, 5.41) is 3.55. The van der Waals surface area contributed by atoms with Gasteiger partial charge in [-0.1, -0.05) is 31.2 Å². The number of hydrogen-bond donors (Lipinski definition) is 1. The van der Waals surface area contributed by atoms with E-state index in [0.29, 0.717) is 0 Å². The van der Waals surface area contributed by atoms with Crippen LogP contribution in [-0.4, -0.2) is 30.6 Å². The van der Waals surface area contributed by atoms with Crippen LogP contribution in [0.25, 0.3) is 0 Å². The summed E-state index contributed by atoms with van der Waals surface area (Å²) in [6.45, 7) is 9.08. The maximum Gasteiger partial charge on any atom is 0.0236 e. The van der Waals surface area contributed by atoms with Gasteiger partial charge in [0.2, 0.25) is 0 Å². The molecule has 0 radical (unpaired) electrons. The molecular weight excluding hydrogens is 208 g/mol. The molecule has 0 bridgehead atoms. The molecule has 0 atom stereocenters. The monoisotopic (exact) mass is 232 g/mol. The Hall–Kier alpha value is -0.860. The molecule has 0 aromatic heterocycles. The van der Waals surface area contributed by atoms with Gasteiger partial charge < -0.3 is 5.32 Å². The van der Waals surface area contributed by atoms with Gasteiger partial charge in [0.15, 0.2) is 0 Å². The Kier molecular flexibility index (Phi) is 4.57. The molecule has 1 aliphatic rings. The number of benzene rings is 1. The maximum absolute atomic E-state index is 3.55. The highest BCUT2D eigenvalue weighted by molar-refractivity contribution is 5.25. The Morgan fingerprint density at radius 1 is 1.24 bits per heavy atom. The van der Waals surface area contributed by atoms with Crippen LogP contribution in [0.3, 0.4) is 0 Å². The third-order valence-electron chi connectivity index (χ3n) is 3.74. The molecule has 0 aliphatic carbocycles. The molecule has 0 spiro atoms. The van der Waals surface area contributed by atoms with E-state index in [1.54, 1.807) is 0 Å². The largest absolute Gasteiger partial charge is 0.314 e. The van der Waals surface area contributed by atoms with Crippen molar-refractivity contribution in [1.82, 2.24) is 10.2 Å². The minimum atomic E-state index is 0.744. The standard InChI is InChI=1S/C15H24N2/c1-3-16-15-8-10-17(11-9-15)12-14-7-5-4-6-13(14)2/h4-7,15-16H,3,8-12H2,1-2H3. The van der Waals surface area contributed by atoms with Crippen molar-refractivity contribution in [2.45, 2.75) is 39.3 Å². The van der Waals surface area contributed by atoms with Crippen LogP contribution in [0.1, 0.15) is 30.9 Å². The SMILES string of the molecule is CCNC1CCN(Cc2ccccc2C)CC1. The van der Waals surface area contributed by atoms with Crippen molar-refractivity contribution in [2.24, 2.45) is 0 Å². The third-order valence-corrected chi connectivity index (χ3v) is 3.74. The van der Waals surface area contributed by atoms with Gasteiger partial charge in [-0.25, -0.2) is 0 Å². The van der Waals surface area contributed by atoms with Gasteiger partial charge in [0.1, 0.15) is 0 Å². The highest BCUT2D eigenvalue weighted by Crippen LogP contribution is 2.15. The van der Waals surface area contributed by atoms with E-state index in [4.69, 9.17) is 0 Å². The smallest absolute Gasteiger partial charge is 0.0236 e. The number of nitrogens with one attached hydrogen (secondary N) is 1. The summed E-state index contributed by atoms with van der Waals surface area (Å²) in [7, 11) is 0. The van der Waals surface area contributed by atoms with Crippen LogP contribution < -0.4 is 5.32 Å². The molecule has 1 saturated heterocycles. The summed E-state index contributed by atoms with van der Waals surface area (Å²) in [5.74, 6) is 0. The lowest BCUT2D eigenvalue weighted by Gasteiger charge is -2.32. The first-order valence-electron chi connectivity index (χ1n) is 6.80. The summed E-state index contributed by atoms with van der Waals surface area (Å²) in [5.41, 5.74) is 2.90. The van der Waals surface area contributed by atoms with E-state index in [1.807, 2.05) is 0 Å². The maximum atomic E-state index is 3.55. The molecule has 0 amide bonds. The zero-order valence-electron chi connectivity index (χ0n) is 11.1. The fraction of sp³-hybridized carbons (Fsp3) is 0.600. The summed E-state index contributed by atoms with van der Waals surface area (Å²) < 4.78 is 0. The predicted octanol–water partition coefficient (Wildman–Crippen LogP) is 2.57. The van der Waals surface area contributed by atoms with E-state index in [0.717, 1.165) is 19.1 Å². The fourth-order valence-electron chi connectivity index (χ4n) is 2.61. The van der Waals surface area contributed by atoms with Crippen LogP contribution in [0.4, 0.5) is 0 Å². The zero-order chi connectivity index (χ0) is 12.1. The summed E-state index contributed by atoms with van der Waals surface area (Å²) in [6, 6.07) is 9.48. The van der Waals surface area contributed by atoms with E-state index >= 15 is 0 Å². The number of aryl methyl sites for hydroxylation is 1. The fourth-order valence-corrected chi connectivity index (χ4v) is 2.61. The van der Waals surface area contributed by atoms with Crippen molar-refractivity contribution >= 4 is 0 Å². The van der Waals surface area contributed by atoms with E-state index in [-0.39, 0.29) is 0 Å². The third kappa shape index (κ3) is 3.55.